The van der Waals surface area contributed by atoms with Crippen LogP contribution in [0, 0.1) is 6.92 Å². The van der Waals surface area contributed by atoms with Gasteiger partial charge in [0.05, 0.1) is 0 Å². The Labute approximate surface area is 77.0 Å². The lowest BCUT2D eigenvalue weighted by atomic mass is 10.2. The van der Waals surface area contributed by atoms with E-state index in [9.17, 15) is 8.42 Å². The molecule has 6 heteroatoms. The number of rotatable bonds is 1. The maximum absolute atomic E-state index is 9.21. The normalized spacial score (nSPS) is 10.1. The monoisotopic (exact) mass is 205 g/mol. The summed E-state index contributed by atoms with van der Waals surface area (Å²) in [4.78, 5) is 0. The molecule has 1 rings (SSSR count). The van der Waals surface area contributed by atoms with Crippen molar-refractivity contribution in [3.63, 3.8) is 0 Å². The molecular formula is C7H11NO4S. The van der Waals surface area contributed by atoms with Crippen molar-refractivity contribution in [2.75, 3.05) is 0 Å². The van der Waals surface area contributed by atoms with Crippen LogP contribution in [0.2, 0.25) is 0 Å². The van der Waals surface area contributed by atoms with Crippen molar-refractivity contribution in [1.82, 2.24) is 0 Å². The molecule has 13 heavy (non-hydrogen) atoms. The second-order valence-corrected chi connectivity index (χ2v) is 3.23. The summed E-state index contributed by atoms with van der Waals surface area (Å²) < 4.78 is 28.8. The Kier molecular flexibility index (Phi) is 5.24. The molecule has 0 aliphatic carbocycles. The van der Waals surface area contributed by atoms with Crippen molar-refractivity contribution in [3.8, 4) is 0 Å². The van der Waals surface area contributed by atoms with Gasteiger partial charge in [0.15, 0.2) is 0 Å². The van der Waals surface area contributed by atoms with E-state index in [1.807, 2.05) is 18.2 Å². The zero-order chi connectivity index (χ0) is 10.3. The van der Waals surface area contributed by atoms with Crippen LogP contribution in [0.4, 0.5) is 0 Å². The zero-order valence-corrected chi connectivity index (χ0v) is 7.86. The molecule has 0 saturated carbocycles. The Hall–Kier alpha value is -0.950. The summed E-state index contributed by atoms with van der Waals surface area (Å²) in [6.45, 7) is 2.08. The molecule has 0 radical (unpaired) electrons. The first-order valence-corrected chi connectivity index (χ1v) is 4.69. The molecule has 74 valence electrons. The number of hydrogen-bond acceptors (Lipinski definition) is 4. The van der Waals surface area contributed by atoms with Crippen LogP contribution in [0.3, 0.4) is 0 Å². The molecule has 1 aromatic rings. The lowest BCUT2D eigenvalue weighted by molar-refractivity contribution is 0.277. The minimum Gasteiger partial charge on any atom is -0.262 e. The van der Waals surface area contributed by atoms with Crippen LogP contribution in [-0.4, -0.2) is 13.0 Å². The predicted octanol–water partition coefficient (Wildman–Crippen LogP) is 0.675. The van der Waals surface area contributed by atoms with Gasteiger partial charge in [0.2, 0.25) is 0 Å². The first-order valence-electron chi connectivity index (χ1n) is 3.33. The van der Waals surface area contributed by atoms with Crippen molar-refractivity contribution < 1.29 is 17.3 Å². The highest BCUT2D eigenvalue weighted by molar-refractivity contribution is 7.80. The smallest absolute Gasteiger partial charge is 0.262 e. The predicted molar refractivity (Wildman–Crippen MR) is 48.0 cm³/mol. The highest BCUT2D eigenvalue weighted by atomic mass is 32.3. The third kappa shape index (κ3) is 8.96. The molecule has 0 aliphatic heterocycles. The van der Waals surface area contributed by atoms with E-state index < -0.39 is 10.4 Å². The highest BCUT2D eigenvalue weighted by Crippen LogP contribution is 1.92. The summed E-state index contributed by atoms with van der Waals surface area (Å²) in [6.07, 6.45) is 0. The highest BCUT2D eigenvalue weighted by Gasteiger charge is 1.95. The molecule has 0 spiro atoms. The van der Waals surface area contributed by atoms with Crippen LogP contribution in [0.25, 0.3) is 0 Å². The SMILES string of the molecule is Cc1ccccc1.NOS(=O)(=O)O. The second-order valence-electron chi connectivity index (χ2n) is 2.18. The van der Waals surface area contributed by atoms with Gasteiger partial charge in [-0.15, -0.1) is 0 Å². The molecule has 0 bridgehead atoms. The summed E-state index contributed by atoms with van der Waals surface area (Å²) in [7, 11) is -4.38. The van der Waals surface area contributed by atoms with Crippen LogP contribution >= 0.6 is 0 Å². The van der Waals surface area contributed by atoms with E-state index in [1.165, 1.54) is 5.56 Å². The fourth-order valence-electron chi connectivity index (χ4n) is 0.534. The summed E-state index contributed by atoms with van der Waals surface area (Å²) in [6, 6.07) is 10.3. The summed E-state index contributed by atoms with van der Waals surface area (Å²) >= 11 is 0. The van der Waals surface area contributed by atoms with E-state index in [4.69, 9.17) is 4.55 Å². The Morgan fingerprint density at radius 2 is 1.69 bits per heavy atom. The van der Waals surface area contributed by atoms with Gasteiger partial charge in [-0.2, -0.15) is 18.6 Å². The number of benzene rings is 1. The van der Waals surface area contributed by atoms with Gasteiger partial charge in [-0.1, -0.05) is 35.9 Å². The lowest BCUT2D eigenvalue weighted by Crippen LogP contribution is -2.08. The van der Waals surface area contributed by atoms with E-state index in [1.54, 1.807) is 0 Å². The maximum Gasteiger partial charge on any atom is 0.413 e. The third-order valence-corrected chi connectivity index (χ3v) is 1.31. The van der Waals surface area contributed by atoms with Crippen molar-refractivity contribution >= 4 is 10.4 Å². The van der Waals surface area contributed by atoms with Gasteiger partial charge in [0, 0.05) is 0 Å². The largest absolute Gasteiger partial charge is 0.413 e. The van der Waals surface area contributed by atoms with Gasteiger partial charge >= 0.3 is 10.4 Å². The third-order valence-electron chi connectivity index (χ3n) is 1.06. The van der Waals surface area contributed by atoms with E-state index in [0.717, 1.165) is 0 Å². The summed E-state index contributed by atoms with van der Waals surface area (Å²) in [5.41, 5.74) is 1.32. The average Bonchev–Trinajstić information content (AvgIpc) is 2.06. The van der Waals surface area contributed by atoms with Gasteiger partial charge in [-0.25, -0.2) is 0 Å². The fraction of sp³-hybridized carbons (Fsp3) is 0.143. The molecule has 0 aliphatic rings. The Balaban J connectivity index is 0.000000226. The molecule has 0 unspecified atom stereocenters. The quantitative estimate of drug-likeness (QED) is 0.519. The van der Waals surface area contributed by atoms with Gasteiger partial charge in [-0.05, 0) is 6.92 Å². The standard InChI is InChI=1S/C7H8.H3NO4S/c1-7-5-3-2-4-6-7;1-5-6(2,3)4/h2-6H,1H3;1H2,(H,2,3,4). The van der Waals surface area contributed by atoms with Gasteiger partial charge in [0.1, 0.15) is 0 Å². The van der Waals surface area contributed by atoms with E-state index in [0.29, 0.717) is 0 Å². The Morgan fingerprint density at radius 1 is 1.31 bits per heavy atom. The van der Waals surface area contributed by atoms with Gasteiger partial charge in [-0.3, -0.25) is 4.55 Å². The van der Waals surface area contributed by atoms with Crippen LogP contribution in [0.1, 0.15) is 5.56 Å². The molecule has 0 atom stereocenters. The molecule has 0 saturated heterocycles. The molecule has 0 amide bonds. The Bertz CT molecular complexity index is 322. The number of aryl methyl sites for hydroxylation is 1. The van der Waals surface area contributed by atoms with Gasteiger partial charge < -0.3 is 0 Å². The van der Waals surface area contributed by atoms with Gasteiger partial charge in [0.25, 0.3) is 0 Å². The molecule has 0 aromatic heterocycles. The van der Waals surface area contributed by atoms with Crippen LogP contribution < -0.4 is 5.90 Å². The van der Waals surface area contributed by atoms with E-state index >= 15 is 0 Å². The van der Waals surface area contributed by atoms with Crippen LogP contribution in [0.15, 0.2) is 30.3 Å². The Morgan fingerprint density at radius 3 is 1.85 bits per heavy atom. The first kappa shape index (κ1) is 12.0. The van der Waals surface area contributed by atoms with Crippen molar-refractivity contribution in [3.05, 3.63) is 35.9 Å². The van der Waals surface area contributed by atoms with E-state index in [2.05, 4.69) is 29.2 Å². The minimum atomic E-state index is -4.38. The lowest BCUT2D eigenvalue weighted by Gasteiger charge is -1.82. The van der Waals surface area contributed by atoms with Crippen LogP contribution in [-0.2, 0) is 14.7 Å². The van der Waals surface area contributed by atoms with Crippen molar-refractivity contribution in [2.45, 2.75) is 6.92 Å². The first-order chi connectivity index (χ1) is 5.95. The summed E-state index contributed by atoms with van der Waals surface area (Å²) in [5, 5.41) is 0. The molecular weight excluding hydrogens is 194 g/mol. The minimum absolute atomic E-state index is 1.32. The van der Waals surface area contributed by atoms with Crippen molar-refractivity contribution in [1.29, 1.82) is 0 Å². The molecule has 1 aromatic carbocycles. The average molecular weight is 205 g/mol. The molecule has 3 N–H and O–H groups in total. The molecule has 0 fully saturated rings. The molecule has 5 nitrogen and oxygen atoms in total. The topological polar surface area (TPSA) is 89.6 Å². The van der Waals surface area contributed by atoms with Crippen LogP contribution in [0.5, 0.6) is 0 Å². The zero-order valence-electron chi connectivity index (χ0n) is 7.04. The second kappa shape index (κ2) is 5.65. The van der Waals surface area contributed by atoms with E-state index in [-0.39, 0.29) is 0 Å². The maximum atomic E-state index is 9.21. The summed E-state index contributed by atoms with van der Waals surface area (Å²) in [5.74, 6) is 3.97. The number of nitrogens with two attached hydrogens (primary N) is 1. The fourth-order valence-corrected chi connectivity index (χ4v) is 0.534. The number of hydrogen-bond donors (Lipinski definition) is 2. The molecule has 0 heterocycles. The van der Waals surface area contributed by atoms with Crippen molar-refractivity contribution in [2.24, 2.45) is 5.90 Å².